The molecule has 4 nitrogen and oxygen atoms in total. The van der Waals surface area contributed by atoms with Crippen LogP contribution < -0.4 is 11.3 Å². The Morgan fingerprint density at radius 2 is 2.20 bits per heavy atom. The highest BCUT2D eigenvalue weighted by Gasteiger charge is 2.20. The molecule has 0 amide bonds. The van der Waals surface area contributed by atoms with Gasteiger partial charge in [0.1, 0.15) is 0 Å². The zero-order valence-corrected chi connectivity index (χ0v) is 12.2. The molecule has 0 fully saturated rings. The van der Waals surface area contributed by atoms with Crippen LogP contribution in [0.3, 0.4) is 0 Å². The average molecular weight is 286 g/mol. The maximum absolute atomic E-state index is 5.82. The molecule has 0 aliphatic rings. The minimum Gasteiger partial charge on any atom is -0.271 e. The molecule has 0 aliphatic carbocycles. The topological polar surface area (TPSA) is 55.9 Å². The third kappa shape index (κ3) is 2.24. The molecule has 3 aromatic rings. The molecule has 1 atom stereocenters. The second-order valence-corrected chi connectivity index (χ2v) is 5.68. The molecule has 0 aliphatic heterocycles. The highest BCUT2D eigenvalue weighted by atomic mass is 32.1. The first-order chi connectivity index (χ1) is 9.85. The number of nitrogens with two attached hydrogens (primary N) is 1. The lowest BCUT2D eigenvalue weighted by Crippen LogP contribution is -2.30. The molecule has 104 valence electrons. The molecular formula is C15H18N4S. The third-order valence-corrected chi connectivity index (χ3v) is 4.45. The highest BCUT2D eigenvalue weighted by molar-refractivity contribution is 7.17. The number of nitrogens with zero attached hydrogens (tertiary/aromatic N) is 2. The van der Waals surface area contributed by atoms with E-state index in [0.29, 0.717) is 0 Å². The molecule has 0 bridgehead atoms. The van der Waals surface area contributed by atoms with Crippen LogP contribution in [-0.4, -0.2) is 9.78 Å². The molecule has 5 heteroatoms. The zero-order valence-electron chi connectivity index (χ0n) is 11.4. The molecule has 20 heavy (non-hydrogen) atoms. The van der Waals surface area contributed by atoms with Gasteiger partial charge in [0.05, 0.1) is 11.7 Å². The molecule has 0 saturated carbocycles. The fourth-order valence-corrected chi connectivity index (χ4v) is 3.53. The number of aromatic nitrogens is 2. The van der Waals surface area contributed by atoms with Crippen LogP contribution >= 0.6 is 11.3 Å². The first kappa shape index (κ1) is 13.3. The summed E-state index contributed by atoms with van der Waals surface area (Å²) in [5.41, 5.74) is 5.27. The molecule has 0 radical (unpaired) electrons. The maximum Gasteiger partial charge on any atom is 0.0892 e. The molecular weight excluding hydrogens is 268 g/mol. The summed E-state index contributed by atoms with van der Waals surface area (Å²) in [6, 6.07) is 10.4. The molecule has 0 spiro atoms. The standard InChI is InChI=1S/C15H18N4S/c1-2-9-19-13(7-8-17-19)15(18-16)12-10-20-14-6-4-3-5-11(12)14/h3-8,10,15,18H,2,9,16H2,1H3. The van der Waals surface area contributed by atoms with Crippen molar-refractivity contribution in [2.75, 3.05) is 0 Å². The Labute approximate surface area is 122 Å². The number of benzene rings is 1. The van der Waals surface area contributed by atoms with Crippen LogP contribution in [0.1, 0.15) is 30.6 Å². The SMILES string of the molecule is CCCn1nccc1C(NN)c1csc2ccccc12. The van der Waals surface area contributed by atoms with Gasteiger partial charge in [-0.25, -0.2) is 5.43 Å². The van der Waals surface area contributed by atoms with E-state index in [9.17, 15) is 0 Å². The van der Waals surface area contributed by atoms with Gasteiger partial charge in [-0.05, 0) is 34.9 Å². The summed E-state index contributed by atoms with van der Waals surface area (Å²) in [6.45, 7) is 3.05. The van der Waals surface area contributed by atoms with E-state index < -0.39 is 0 Å². The second-order valence-electron chi connectivity index (χ2n) is 4.77. The number of rotatable bonds is 5. The van der Waals surface area contributed by atoms with Crippen molar-refractivity contribution in [1.29, 1.82) is 0 Å². The van der Waals surface area contributed by atoms with E-state index in [1.165, 1.54) is 15.6 Å². The van der Waals surface area contributed by atoms with Gasteiger partial charge in [0.15, 0.2) is 0 Å². The predicted octanol–water partition coefficient (Wildman–Crippen LogP) is 3.06. The Hall–Kier alpha value is -1.69. The van der Waals surface area contributed by atoms with E-state index in [4.69, 9.17) is 5.84 Å². The van der Waals surface area contributed by atoms with E-state index in [0.717, 1.165) is 18.7 Å². The first-order valence-electron chi connectivity index (χ1n) is 6.79. The number of thiophene rings is 1. The monoisotopic (exact) mass is 286 g/mol. The average Bonchev–Trinajstić information content (AvgIpc) is 3.09. The third-order valence-electron chi connectivity index (χ3n) is 3.47. The summed E-state index contributed by atoms with van der Waals surface area (Å²) < 4.78 is 3.31. The fourth-order valence-electron chi connectivity index (χ4n) is 2.54. The summed E-state index contributed by atoms with van der Waals surface area (Å²) >= 11 is 1.75. The highest BCUT2D eigenvalue weighted by Crippen LogP contribution is 2.33. The van der Waals surface area contributed by atoms with Crippen molar-refractivity contribution in [2.45, 2.75) is 25.9 Å². The lowest BCUT2D eigenvalue weighted by Gasteiger charge is -2.17. The predicted molar refractivity (Wildman–Crippen MR) is 83.5 cm³/mol. The normalized spacial score (nSPS) is 12.9. The summed E-state index contributed by atoms with van der Waals surface area (Å²) in [7, 11) is 0. The minimum atomic E-state index is -0.0276. The van der Waals surface area contributed by atoms with Crippen molar-refractivity contribution in [3.05, 3.63) is 53.2 Å². The van der Waals surface area contributed by atoms with Crippen molar-refractivity contribution < 1.29 is 0 Å². The van der Waals surface area contributed by atoms with Gasteiger partial charge < -0.3 is 0 Å². The van der Waals surface area contributed by atoms with E-state index in [2.05, 4.69) is 47.1 Å². The van der Waals surface area contributed by atoms with Crippen LogP contribution in [0, 0.1) is 0 Å². The molecule has 1 aromatic carbocycles. The molecule has 3 rings (SSSR count). The number of aryl methyl sites for hydroxylation is 1. The first-order valence-corrected chi connectivity index (χ1v) is 7.67. The van der Waals surface area contributed by atoms with Crippen LogP contribution in [0.4, 0.5) is 0 Å². The van der Waals surface area contributed by atoms with Gasteiger partial charge in [-0.1, -0.05) is 25.1 Å². The van der Waals surface area contributed by atoms with Crippen molar-refractivity contribution in [3.8, 4) is 0 Å². The van der Waals surface area contributed by atoms with Gasteiger partial charge in [0.25, 0.3) is 0 Å². The Balaban J connectivity index is 2.07. The van der Waals surface area contributed by atoms with E-state index in [1.54, 1.807) is 11.3 Å². The van der Waals surface area contributed by atoms with Crippen LogP contribution in [0.25, 0.3) is 10.1 Å². The molecule has 0 saturated heterocycles. The van der Waals surface area contributed by atoms with Crippen molar-refractivity contribution in [3.63, 3.8) is 0 Å². The number of hydrogen-bond donors (Lipinski definition) is 2. The number of hydrogen-bond acceptors (Lipinski definition) is 4. The van der Waals surface area contributed by atoms with E-state index >= 15 is 0 Å². The quantitative estimate of drug-likeness (QED) is 0.560. The van der Waals surface area contributed by atoms with Crippen LogP contribution in [0.15, 0.2) is 41.9 Å². The Bertz CT molecular complexity index is 701. The molecule has 2 heterocycles. The van der Waals surface area contributed by atoms with Crippen molar-refractivity contribution >= 4 is 21.4 Å². The van der Waals surface area contributed by atoms with Gasteiger partial charge in [0.2, 0.25) is 0 Å². The summed E-state index contributed by atoms with van der Waals surface area (Å²) in [6.07, 6.45) is 2.89. The van der Waals surface area contributed by atoms with E-state index in [-0.39, 0.29) is 6.04 Å². The Kier molecular flexibility index (Phi) is 3.82. The van der Waals surface area contributed by atoms with Gasteiger partial charge >= 0.3 is 0 Å². The summed E-state index contributed by atoms with van der Waals surface area (Å²) in [4.78, 5) is 0. The maximum atomic E-state index is 5.82. The van der Waals surface area contributed by atoms with Crippen molar-refractivity contribution in [2.24, 2.45) is 5.84 Å². The van der Waals surface area contributed by atoms with E-state index in [1.807, 2.05) is 16.9 Å². The summed E-state index contributed by atoms with van der Waals surface area (Å²) in [5.74, 6) is 5.82. The van der Waals surface area contributed by atoms with Gasteiger partial charge in [0, 0.05) is 17.4 Å². The van der Waals surface area contributed by atoms with Crippen LogP contribution in [-0.2, 0) is 6.54 Å². The number of nitrogens with one attached hydrogen (secondary N) is 1. The van der Waals surface area contributed by atoms with Gasteiger partial charge in [-0.2, -0.15) is 5.10 Å². The van der Waals surface area contributed by atoms with Crippen LogP contribution in [0.5, 0.6) is 0 Å². The number of fused-ring (bicyclic) bond motifs is 1. The number of hydrazine groups is 1. The van der Waals surface area contributed by atoms with Gasteiger partial charge in [-0.3, -0.25) is 10.5 Å². The lowest BCUT2D eigenvalue weighted by molar-refractivity contribution is 0.523. The summed E-state index contributed by atoms with van der Waals surface area (Å²) in [5, 5.41) is 7.82. The molecule has 1 unspecified atom stereocenters. The largest absolute Gasteiger partial charge is 0.271 e. The fraction of sp³-hybridized carbons (Fsp3) is 0.267. The molecule has 3 N–H and O–H groups in total. The second kappa shape index (κ2) is 5.75. The van der Waals surface area contributed by atoms with Crippen LogP contribution in [0.2, 0.25) is 0 Å². The zero-order chi connectivity index (χ0) is 13.9. The lowest BCUT2D eigenvalue weighted by atomic mass is 10.0. The minimum absolute atomic E-state index is 0.0276. The Morgan fingerprint density at radius 1 is 1.35 bits per heavy atom. The molecule has 2 aromatic heterocycles. The Morgan fingerprint density at radius 3 is 3.00 bits per heavy atom. The smallest absolute Gasteiger partial charge is 0.0892 e. The van der Waals surface area contributed by atoms with Gasteiger partial charge in [-0.15, -0.1) is 11.3 Å². The van der Waals surface area contributed by atoms with Crippen molar-refractivity contribution in [1.82, 2.24) is 15.2 Å².